The highest BCUT2D eigenvalue weighted by Gasteiger charge is 1.97. The van der Waals surface area contributed by atoms with Crippen LogP contribution in [0.25, 0.3) is 0 Å². The van der Waals surface area contributed by atoms with Crippen LogP contribution < -0.4 is 11.0 Å². The molecule has 2 N–H and O–H groups in total. The van der Waals surface area contributed by atoms with Crippen LogP contribution in [-0.4, -0.2) is 6.16 Å². The molecular formula is C10H16NP. The number of nitrogens with two attached hydrogens (primary N) is 1. The Bertz CT molecular complexity index is 235. The van der Waals surface area contributed by atoms with E-state index in [-0.39, 0.29) is 0 Å². The number of rotatable bonds is 4. The average Bonchev–Trinajstić information content (AvgIpc) is 2.15. The molecule has 0 saturated carbocycles. The third kappa shape index (κ3) is 2.58. The van der Waals surface area contributed by atoms with Gasteiger partial charge in [0.2, 0.25) is 0 Å². The van der Waals surface area contributed by atoms with Gasteiger partial charge < -0.3 is 5.73 Å². The topological polar surface area (TPSA) is 26.0 Å². The summed E-state index contributed by atoms with van der Waals surface area (Å²) in [7, 11) is 0.930. The largest absolute Gasteiger partial charge is 0.326 e. The lowest BCUT2D eigenvalue weighted by atomic mass is 10.2. The summed E-state index contributed by atoms with van der Waals surface area (Å²) in [4.78, 5) is 0. The average molecular weight is 181 g/mol. The minimum absolute atomic E-state index is 0.673. The molecule has 0 spiro atoms. The van der Waals surface area contributed by atoms with E-state index in [1.807, 2.05) is 0 Å². The van der Waals surface area contributed by atoms with Crippen LogP contribution in [0.4, 0.5) is 0 Å². The van der Waals surface area contributed by atoms with Crippen molar-refractivity contribution in [2.45, 2.75) is 19.9 Å². The van der Waals surface area contributed by atoms with E-state index >= 15 is 0 Å². The van der Waals surface area contributed by atoms with Gasteiger partial charge in [0.1, 0.15) is 0 Å². The first-order valence-electron chi connectivity index (χ1n) is 4.40. The summed E-state index contributed by atoms with van der Waals surface area (Å²) >= 11 is 0. The molecule has 1 aromatic carbocycles. The molecule has 0 aliphatic rings. The van der Waals surface area contributed by atoms with E-state index < -0.39 is 0 Å². The van der Waals surface area contributed by atoms with E-state index in [9.17, 15) is 0 Å². The van der Waals surface area contributed by atoms with E-state index in [4.69, 9.17) is 5.73 Å². The van der Waals surface area contributed by atoms with Gasteiger partial charge in [-0.3, -0.25) is 0 Å². The van der Waals surface area contributed by atoms with Gasteiger partial charge in [-0.25, -0.2) is 0 Å². The Morgan fingerprint density at radius 3 is 2.75 bits per heavy atom. The molecule has 1 aromatic rings. The van der Waals surface area contributed by atoms with Crippen molar-refractivity contribution in [3.8, 4) is 0 Å². The van der Waals surface area contributed by atoms with E-state index in [1.54, 1.807) is 0 Å². The minimum Gasteiger partial charge on any atom is -0.326 e. The van der Waals surface area contributed by atoms with Gasteiger partial charge in [0.05, 0.1) is 0 Å². The van der Waals surface area contributed by atoms with Crippen LogP contribution in [0.1, 0.15) is 18.9 Å². The molecule has 0 bridgehead atoms. The molecular weight excluding hydrogens is 165 g/mol. The molecule has 0 amide bonds. The maximum atomic E-state index is 5.63. The summed E-state index contributed by atoms with van der Waals surface area (Å²) < 4.78 is 0. The first-order chi connectivity index (χ1) is 5.88. The number of benzene rings is 1. The van der Waals surface area contributed by atoms with Crippen LogP contribution in [0, 0.1) is 0 Å². The summed E-state index contributed by atoms with van der Waals surface area (Å²) in [6, 6.07) is 8.47. The zero-order chi connectivity index (χ0) is 8.81. The van der Waals surface area contributed by atoms with Crippen LogP contribution in [0.2, 0.25) is 0 Å². The van der Waals surface area contributed by atoms with Crippen molar-refractivity contribution in [2.75, 3.05) is 6.16 Å². The monoisotopic (exact) mass is 181 g/mol. The highest BCUT2D eigenvalue weighted by atomic mass is 31.1. The molecule has 1 atom stereocenters. The van der Waals surface area contributed by atoms with Crippen LogP contribution in [0.3, 0.4) is 0 Å². The van der Waals surface area contributed by atoms with Crippen LogP contribution in [0.15, 0.2) is 24.3 Å². The van der Waals surface area contributed by atoms with Gasteiger partial charge in [-0.1, -0.05) is 46.2 Å². The zero-order valence-corrected chi connectivity index (χ0v) is 8.51. The lowest BCUT2D eigenvalue weighted by molar-refractivity contribution is 1.08. The van der Waals surface area contributed by atoms with Crippen molar-refractivity contribution in [2.24, 2.45) is 5.73 Å². The Labute approximate surface area is 76.1 Å². The van der Waals surface area contributed by atoms with E-state index in [0.29, 0.717) is 6.54 Å². The third-order valence-electron chi connectivity index (χ3n) is 1.80. The molecule has 1 nitrogen and oxygen atoms in total. The van der Waals surface area contributed by atoms with Gasteiger partial charge in [-0.2, -0.15) is 0 Å². The summed E-state index contributed by atoms with van der Waals surface area (Å²) in [5.41, 5.74) is 6.94. The van der Waals surface area contributed by atoms with E-state index in [2.05, 4.69) is 31.2 Å². The van der Waals surface area contributed by atoms with Crippen molar-refractivity contribution in [1.82, 2.24) is 0 Å². The fraction of sp³-hybridized carbons (Fsp3) is 0.400. The molecule has 0 aliphatic heterocycles. The standard InChI is InChI=1S/C10H16NP/c1-2-7-12-10-6-4-3-5-9(10)8-11/h3-6,12H,2,7-8,11H2,1H3. The SMILES string of the molecule is CCCPc1ccccc1CN. The second-order valence-electron chi connectivity index (χ2n) is 2.79. The number of hydrogen-bond acceptors (Lipinski definition) is 1. The Morgan fingerprint density at radius 2 is 2.08 bits per heavy atom. The smallest absolute Gasteiger partial charge is 0.0184 e. The summed E-state index contributed by atoms with van der Waals surface area (Å²) in [6.07, 6.45) is 2.55. The van der Waals surface area contributed by atoms with Gasteiger partial charge in [0, 0.05) is 6.54 Å². The fourth-order valence-corrected chi connectivity index (χ4v) is 2.28. The maximum Gasteiger partial charge on any atom is 0.0184 e. The molecule has 0 saturated heterocycles. The molecule has 1 unspecified atom stereocenters. The van der Waals surface area contributed by atoms with Crippen LogP contribution in [0.5, 0.6) is 0 Å². The van der Waals surface area contributed by atoms with Crippen molar-refractivity contribution in [3.63, 3.8) is 0 Å². The normalized spacial score (nSPS) is 11.2. The van der Waals surface area contributed by atoms with Gasteiger partial charge in [-0.05, 0) is 17.0 Å². The molecule has 0 fully saturated rings. The second kappa shape index (κ2) is 5.29. The molecule has 0 radical (unpaired) electrons. The Hall–Kier alpha value is -0.390. The lowest BCUT2D eigenvalue weighted by Crippen LogP contribution is -2.09. The molecule has 12 heavy (non-hydrogen) atoms. The quantitative estimate of drug-likeness (QED) is 0.705. The summed E-state index contributed by atoms with van der Waals surface area (Å²) in [5.74, 6) is 0. The highest BCUT2D eigenvalue weighted by molar-refractivity contribution is 7.47. The fourth-order valence-electron chi connectivity index (χ4n) is 1.13. The first kappa shape index (κ1) is 9.70. The maximum absolute atomic E-state index is 5.63. The van der Waals surface area contributed by atoms with Gasteiger partial charge in [-0.15, -0.1) is 0 Å². The van der Waals surface area contributed by atoms with Gasteiger partial charge >= 0.3 is 0 Å². The third-order valence-corrected chi connectivity index (χ3v) is 3.42. The van der Waals surface area contributed by atoms with Crippen molar-refractivity contribution < 1.29 is 0 Å². The van der Waals surface area contributed by atoms with Gasteiger partial charge in [0.25, 0.3) is 0 Å². The Balaban J connectivity index is 2.68. The van der Waals surface area contributed by atoms with Crippen molar-refractivity contribution >= 4 is 13.9 Å². The van der Waals surface area contributed by atoms with E-state index in [0.717, 1.165) is 8.58 Å². The zero-order valence-electron chi connectivity index (χ0n) is 7.51. The predicted molar refractivity (Wildman–Crippen MR) is 57.4 cm³/mol. The number of hydrogen-bond donors (Lipinski definition) is 1. The predicted octanol–water partition coefficient (Wildman–Crippen LogP) is 1.86. The van der Waals surface area contributed by atoms with E-state index in [1.165, 1.54) is 23.5 Å². The molecule has 0 aromatic heterocycles. The van der Waals surface area contributed by atoms with Crippen LogP contribution in [-0.2, 0) is 6.54 Å². The molecule has 1 rings (SSSR count). The second-order valence-corrected chi connectivity index (χ2v) is 4.18. The lowest BCUT2D eigenvalue weighted by Gasteiger charge is -2.05. The molecule has 66 valence electrons. The minimum atomic E-state index is 0.673. The molecule has 0 aliphatic carbocycles. The Morgan fingerprint density at radius 1 is 1.33 bits per heavy atom. The van der Waals surface area contributed by atoms with Crippen molar-refractivity contribution in [3.05, 3.63) is 29.8 Å². The molecule has 2 heteroatoms. The highest BCUT2D eigenvalue weighted by Crippen LogP contribution is 2.13. The summed E-state index contributed by atoms with van der Waals surface area (Å²) in [5, 5.41) is 1.45. The van der Waals surface area contributed by atoms with Crippen molar-refractivity contribution in [1.29, 1.82) is 0 Å². The Kier molecular flexibility index (Phi) is 4.27. The molecule has 0 heterocycles. The van der Waals surface area contributed by atoms with Gasteiger partial charge in [0.15, 0.2) is 0 Å². The summed E-state index contributed by atoms with van der Waals surface area (Å²) in [6.45, 7) is 2.89. The first-order valence-corrected chi connectivity index (χ1v) is 5.61. The van der Waals surface area contributed by atoms with Crippen LogP contribution >= 0.6 is 8.58 Å².